The number of carbonyl (C=O) groups excluding carboxylic acids is 2. The van der Waals surface area contributed by atoms with Gasteiger partial charge < -0.3 is 19.9 Å². The molecule has 2 aliphatic rings. The van der Waals surface area contributed by atoms with E-state index in [-0.39, 0.29) is 29.6 Å². The van der Waals surface area contributed by atoms with Crippen molar-refractivity contribution in [2.75, 3.05) is 12.9 Å². The highest BCUT2D eigenvalue weighted by Crippen LogP contribution is 2.40. The zero-order chi connectivity index (χ0) is 20.4. The van der Waals surface area contributed by atoms with E-state index in [4.69, 9.17) is 19.9 Å². The molecule has 1 saturated heterocycles. The van der Waals surface area contributed by atoms with Crippen LogP contribution in [0, 0.1) is 0 Å². The molecule has 30 heavy (non-hydrogen) atoms. The van der Waals surface area contributed by atoms with Gasteiger partial charge in [-0.15, -0.1) is 24.2 Å². The Kier molecular flexibility index (Phi) is 6.91. The topological polar surface area (TPSA) is 91.1 Å². The molecule has 2 atom stereocenters. The van der Waals surface area contributed by atoms with Crippen LogP contribution < -0.4 is 5.73 Å². The number of fused-ring (bicyclic) bond motifs is 1. The zero-order valence-corrected chi connectivity index (χ0v) is 17.7. The van der Waals surface area contributed by atoms with Crippen molar-refractivity contribution in [3.05, 3.63) is 83.4 Å². The maximum absolute atomic E-state index is 12.7. The number of carbonyl (C=O) groups is 2. The fourth-order valence-electron chi connectivity index (χ4n) is 3.27. The minimum atomic E-state index is -0.925. The lowest BCUT2D eigenvalue weighted by Crippen LogP contribution is -2.68. The number of amides is 1. The first-order valence-electron chi connectivity index (χ1n) is 9.06. The molecule has 1 fully saturated rings. The van der Waals surface area contributed by atoms with Gasteiger partial charge in [0.05, 0.1) is 12.9 Å². The number of nitrogens with zero attached hydrogens (tertiary/aromatic N) is 1. The van der Waals surface area contributed by atoms with Gasteiger partial charge in [-0.05, 0) is 11.1 Å². The summed E-state index contributed by atoms with van der Waals surface area (Å²) >= 11 is 1.46. The van der Waals surface area contributed by atoms with Gasteiger partial charge in [-0.1, -0.05) is 60.7 Å². The van der Waals surface area contributed by atoms with Crippen LogP contribution in [0.2, 0.25) is 0 Å². The van der Waals surface area contributed by atoms with Gasteiger partial charge in [0, 0.05) is 0 Å². The summed E-state index contributed by atoms with van der Waals surface area (Å²) in [6, 6.07) is 18.1. The second kappa shape index (κ2) is 9.42. The molecular formula is C21H21ClN2O5S. The summed E-state index contributed by atoms with van der Waals surface area (Å²) in [6.07, 6.45) is -1.58. The average Bonchev–Trinajstić information content (AvgIpc) is 2.77. The Bertz CT molecular complexity index is 901. The molecule has 2 aliphatic heterocycles. The fraction of sp³-hybridized carbons (Fsp3) is 0.238. The Morgan fingerprint density at radius 3 is 2.20 bits per heavy atom. The molecule has 4 rings (SSSR count). The monoisotopic (exact) mass is 448 g/mol. The van der Waals surface area contributed by atoms with E-state index in [1.807, 2.05) is 60.7 Å². The van der Waals surface area contributed by atoms with E-state index in [1.54, 1.807) is 0 Å². The van der Waals surface area contributed by atoms with Crippen LogP contribution in [0.5, 0.6) is 0 Å². The highest BCUT2D eigenvalue weighted by molar-refractivity contribution is 8.00. The van der Waals surface area contributed by atoms with Crippen LogP contribution in [0.15, 0.2) is 72.3 Å². The quantitative estimate of drug-likeness (QED) is 0.553. The lowest BCUT2D eigenvalue weighted by Gasteiger charge is -2.47. The molecule has 2 heterocycles. The van der Waals surface area contributed by atoms with E-state index in [2.05, 4.69) is 0 Å². The number of hydrogen-bond donors (Lipinski definition) is 1. The van der Waals surface area contributed by atoms with E-state index in [0.29, 0.717) is 11.5 Å². The van der Waals surface area contributed by atoms with Crippen molar-refractivity contribution in [2.45, 2.75) is 17.5 Å². The zero-order valence-electron chi connectivity index (χ0n) is 16.1. The van der Waals surface area contributed by atoms with Gasteiger partial charge in [0.1, 0.15) is 11.4 Å². The highest BCUT2D eigenvalue weighted by atomic mass is 35.5. The Morgan fingerprint density at radius 2 is 1.67 bits per heavy atom. The van der Waals surface area contributed by atoms with Crippen LogP contribution in [0.4, 0.5) is 4.79 Å². The van der Waals surface area contributed by atoms with Crippen LogP contribution in [0.1, 0.15) is 17.2 Å². The number of β-lactam (4-membered cyclic amide) rings is 1. The van der Waals surface area contributed by atoms with Gasteiger partial charge in [0.15, 0.2) is 11.9 Å². The normalized spacial score (nSPS) is 20.1. The molecule has 2 aromatic rings. The van der Waals surface area contributed by atoms with E-state index in [0.717, 1.165) is 11.1 Å². The number of thioether (sulfide) groups is 1. The molecule has 0 spiro atoms. The van der Waals surface area contributed by atoms with E-state index < -0.39 is 18.3 Å². The predicted octanol–water partition coefficient (Wildman–Crippen LogP) is 3.41. The summed E-state index contributed by atoms with van der Waals surface area (Å²) in [4.78, 5) is 26.2. The predicted molar refractivity (Wildman–Crippen MR) is 115 cm³/mol. The minimum Gasteiger partial charge on any atom is -0.495 e. The number of rotatable bonds is 5. The number of nitrogens with two attached hydrogens (primary N) is 1. The lowest BCUT2D eigenvalue weighted by atomic mass is 10.0. The second-order valence-electron chi connectivity index (χ2n) is 6.54. The van der Waals surface area contributed by atoms with Gasteiger partial charge >= 0.3 is 6.16 Å². The van der Waals surface area contributed by atoms with Gasteiger partial charge in [0.25, 0.3) is 0 Å². The second-order valence-corrected chi connectivity index (χ2v) is 7.64. The van der Waals surface area contributed by atoms with Crippen molar-refractivity contribution >= 4 is 36.2 Å². The third-order valence-corrected chi connectivity index (χ3v) is 6.05. The Labute approximate surface area is 184 Å². The van der Waals surface area contributed by atoms with E-state index in [1.165, 1.54) is 23.8 Å². The van der Waals surface area contributed by atoms with Crippen molar-refractivity contribution < 1.29 is 23.8 Å². The summed E-state index contributed by atoms with van der Waals surface area (Å²) in [5.74, 6) is 0.566. The average molecular weight is 449 g/mol. The molecular weight excluding hydrogens is 428 g/mol. The maximum Gasteiger partial charge on any atom is 0.516 e. The molecule has 0 radical (unpaired) electrons. The SMILES string of the molecule is COC1=C(OC(=O)OC(c2ccccc2)c2ccccc2)N2C(=O)[C@@H](N)[C@@H]2SC1.Cl. The first-order valence-corrected chi connectivity index (χ1v) is 10.1. The number of hydrogen-bond acceptors (Lipinski definition) is 7. The van der Waals surface area contributed by atoms with Gasteiger partial charge in [-0.25, -0.2) is 4.79 Å². The molecule has 9 heteroatoms. The number of benzene rings is 2. The largest absolute Gasteiger partial charge is 0.516 e. The van der Waals surface area contributed by atoms with Crippen LogP contribution in [-0.2, 0) is 19.0 Å². The summed E-state index contributed by atoms with van der Waals surface area (Å²) < 4.78 is 16.4. The van der Waals surface area contributed by atoms with Crippen molar-refractivity contribution in [3.63, 3.8) is 0 Å². The van der Waals surface area contributed by atoms with Gasteiger partial charge in [0.2, 0.25) is 11.8 Å². The first kappa shape index (κ1) is 22.0. The summed E-state index contributed by atoms with van der Waals surface area (Å²) in [5, 5.41) is -0.275. The van der Waals surface area contributed by atoms with Crippen LogP contribution in [0.3, 0.4) is 0 Å². The smallest absolute Gasteiger partial charge is 0.495 e. The fourth-order valence-corrected chi connectivity index (χ4v) is 4.51. The Hall–Kier alpha value is -2.68. The number of methoxy groups -OCH3 is 1. The molecule has 0 saturated carbocycles. The van der Waals surface area contributed by atoms with Crippen molar-refractivity contribution in [3.8, 4) is 0 Å². The Balaban J connectivity index is 0.00000256. The molecule has 0 aliphatic carbocycles. The molecule has 0 unspecified atom stereocenters. The third kappa shape index (κ3) is 4.12. The molecule has 2 aromatic carbocycles. The van der Waals surface area contributed by atoms with Crippen molar-refractivity contribution in [1.82, 2.24) is 4.90 Å². The molecule has 1 amide bonds. The third-order valence-electron chi connectivity index (χ3n) is 4.77. The molecule has 0 bridgehead atoms. The number of halogens is 1. The summed E-state index contributed by atoms with van der Waals surface area (Å²) in [5.41, 5.74) is 7.45. The summed E-state index contributed by atoms with van der Waals surface area (Å²) in [6.45, 7) is 0. The number of ether oxygens (including phenoxy) is 3. The van der Waals surface area contributed by atoms with Crippen molar-refractivity contribution in [2.24, 2.45) is 5.73 Å². The van der Waals surface area contributed by atoms with Crippen LogP contribution >= 0.6 is 24.2 Å². The Morgan fingerprint density at radius 1 is 1.10 bits per heavy atom. The molecule has 7 nitrogen and oxygen atoms in total. The van der Waals surface area contributed by atoms with E-state index in [9.17, 15) is 9.59 Å². The maximum atomic E-state index is 12.7. The first-order chi connectivity index (χ1) is 14.1. The lowest BCUT2D eigenvalue weighted by molar-refractivity contribution is -0.145. The highest BCUT2D eigenvalue weighted by Gasteiger charge is 2.52. The van der Waals surface area contributed by atoms with Crippen molar-refractivity contribution in [1.29, 1.82) is 0 Å². The molecule has 2 N–H and O–H groups in total. The van der Waals surface area contributed by atoms with Crippen LogP contribution in [0.25, 0.3) is 0 Å². The molecule has 158 valence electrons. The molecule has 0 aromatic heterocycles. The van der Waals surface area contributed by atoms with E-state index >= 15 is 0 Å². The van der Waals surface area contributed by atoms with Gasteiger partial charge in [-0.3, -0.25) is 9.69 Å². The van der Waals surface area contributed by atoms with Crippen LogP contribution in [-0.4, -0.2) is 41.2 Å². The summed E-state index contributed by atoms with van der Waals surface area (Å²) in [7, 11) is 1.46. The minimum absolute atomic E-state index is 0. The van der Waals surface area contributed by atoms with Gasteiger partial charge in [-0.2, -0.15) is 0 Å². The standard InChI is InChI=1S/C21H20N2O5S.ClH/c1-26-15-12-29-20-16(22)18(24)23(20)19(15)28-21(25)27-17(13-8-4-2-5-9-13)14-10-6-3-7-11-14;/h2-11,16-17,20H,12,22H2,1H3;1H/t16-,20+;/m1./s1.